The number of hydrogen-bond donors (Lipinski definition) is 2. The van der Waals surface area contributed by atoms with Gasteiger partial charge in [-0.1, -0.05) is 12.1 Å². The van der Waals surface area contributed by atoms with Crippen molar-refractivity contribution in [2.24, 2.45) is 0 Å². The van der Waals surface area contributed by atoms with Crippen LogP contribution < -0.4 is 5.73 Å². The number of phenolic OH excluding ortho intramolecular Hbond substituents is 1. The first-order valence-electron chi connectivity index (χ1n) is 4.24. The summed E-state index contributed by atoms with van der Waals surface area (Å²) in [6, 6.07) is 6.75. The standard InChI is InChI=1S/C10H8IN3O/c11-8-5-13-10(14-9(8)12)6-2-1-3-7(15)4-6/h1-5,15H,(H2,12,13,14). The molecular weight excluding hydrogens is 305 g/mol. The van der Waals surface area contributed by atoms with Crippen LogP contribution in [0.1, 0.15) is 0 Å². The third-order valence-corrected chi connectivity index (χ3v) is 2.71. The summed E-state index contributed by atoms with van der Waals surface area (Å²) in [6.07, 6.45) is 1.66. The first kappa shape index (κ1) is 10.2. The number of anilines is 1. The average molecular weight is 313 g/mol. The van der Waals surface area contributed by atoms with E-state index in [1.54, 1.807) is 24.4 Å². The Labute approximate surface area is 100 Å². The maximum Gasteiger partial charge on any atom is 0.161 e. The molecule has 0 atom stereocenters. The molecule has 0 bridgehead atoms. The third kappa shape index (κ3) is 2.17. The molecule has 0 radical (unpaired) electrons. The molecule has 0 spiro atoms. The topological polar surface area (TPSA) is 72.0 Å². The van der Waals surface area contributed by atoms with Crippen LogP contribution in [0.2, 0.25) is 0 Å². The molecule has 0 aliphatic heterocycles. The summed E-state index contributed by atoms with van der Waals surface area (Å²) in [5.74, 6) is 1.15. The molecule has 0 saturated carbocycles. The van der Waals surface area contributed by atoms with E-state index >= 15 is 0 Å². The van der Waals surface area contributed by atoms with Gasteiger partial charge in [0.1, 0.15) is 11.6 Å². The van der Waals surface area contributed by atoms with Crippen LogP contribution in [0, 0.1) is 3.57 Å². The molecule has 76 valence electrons. The zero-order valence-corrected chi connectivity index (χ0v) is 9.84. The fraction of sp³-hybridized carbons (Fsp3) is 0. The second-order valence-corrected chi connectivity index (χ2v) is 4.14. The van der Waals surface area contributed by atoms with E-state index in [-0.39, 0.29) is 5.75 Å². The van der Waals surface area contributed by atoms with Gasteiger partial charge in [0.2, 0.25) is 0 Å². The van der Waals surface area contributed by atoms with E-state index in [2.05, 4.69) is 32.6 Å². The summed E-state index contributed by atoms with van der Waals surface area (Å²) in [7, 11) is 0. The van der Waals surface area contributed by atoms with Crippen molar-refractivity contribution in [3.63, 3.8) is 0 Å². The Morgan fingerprint density at radius 3 is 2.80 bits per heavy atom. The van der Waals surface area contributed by atoms with Gasteiger partial charge in [-0.15, -0.1) is 0 Å². The number of halogens is 1. The molecule has 1 aromatic carbocycles. The van der Waals surface area contributed by atoms with Crippen LogP contribution in [-0.2, 0) is 0 Å². The second kappa shape index (κ2) is 4.01. The number of nitrogens with two attached hydrogens (primary N) is 1. The Morgan fingerprint density at radius 2 is 2.13 bits per heavy atom. The lowest BCUT2D eigenvalue weighted by Gasteiger charge is -2.02. The predicted molar refractivity (Wildman–Crippen MR) is 66.3 cm³/mol. The molecule has 3 N–H and O–H groups in total. The van der Waals surface area contributed by atoms with Gasteiger partial charge >= 0.3 is 0 Å². The van der Waals surface area contributed by atoms with Gasteiger partial charge in [0, 0.05) is 11.8 Å². The van der Waals surface area contributed by atoms with E-state index in [1.807, 2.05) is 6.07 Å². The molecule has 0 aliphatic carbocycles. The molecule has 0 aliphatic rings. The van der Waals surface area contributed by atoms with Crippen LogP contribution in [0.25, 0.3) is 11.4 Å². The smallest absolute Gasteiger partial charge is 0.161 e. The minimum absolute atomic E-state index is 0.188. The van der Waals surface area contributed by atoms with Gasteiger partial charge in [0.05, 0.1) is 3.57 Å². The number of nitrogen functional groups attached to an aromatic ring is 1. The van der Waals surface area contributed by atoms with Crippen molar-refractivity contribution in [3.05, 3.63) is 34.0 Å². The molecule has 0 fully saturated rings. The number of aromatic hydroxyl groups is 1. The number of aromatic nitrogens is 2. The van der Waals surface area contributed by atoms with Crippen LogP contribution in [0.4, 0.5) is 5.82 Å². The van der Waals surface area contributed by atoms with Crippen molar-refractivity contribution < 1.29 is 5.11 Å². The number of phenols is 1. The summed E-state index contributed by atoms with van der Waals surface area (Å²) in [5.41, 5.74) is 6.42. The molecule has 0 saturated heterocycles. The monoisotopic (exact) mass is 313 g/mol. The van der Waals surface area contributed by atoms with Crippen LogP contribution in [0.3, 0.4) is 0 Å². The Morgan fingerprint density at radius 1 is 1.33 bits per heavy atom. The van der Waals surface area contributed by atoms with Crippen LogP contribution in [0.5, 0.6) is 5.75 Å². The number of rotatable bonds is 1. The van der Waals surface area contributed by atoms with Crippen molar-refractivity contribution in [2.45, 2.75) is 0 Å². The van der Waals surface area contributed by atoms with Gasteiger partial charge in [0.15, 0.2) is 5.82 Å². The van der Waals surface area contributed by atoms with E-state index < -0.39 is 0 Å². The maximum absolute atomic E-state index is 9.31. The maximum atomic E-state index is 9.31. The molecule has 15 heavy (non-hydrogen) atoms. The minimum Gasteiger partial charge on any atom is -0.508 e. The van der Waals surface area contributed by atoms with E-state index in [0.29, 0.717) is 11.6 Å². The summed E-state index contributed by atoms with van der Waals surface area (Å²) >= 11 is 2.07. The van der Waals surface area contributed by atoms with E-state index in [0.717, 1.165) is 9.13 Å². The van der Waals surface area contributed by atoms with Gasteiger partial charge < -0.3 is 10.8 Å². The Kier molecular flexibility index (Phi) is 2.72. The molecule has 0 unspecified atom stereocenters. The van der Waals surface area contributed by atoms with E-state index in [9.17, 15) is 5.11 Å². The van der Waals surface area contributed by atoms with Crippen molar-refractivity contribution >= 4 is 28.4 Å². The zero-order chi connectivity index (χ0) is 10.8. The van der Waals surface area contributed by atoms with Crippen LogP contribution >= 0.6 is 22.6 Å². The van der Waals surface area contributed by atoms with E-state index in [4.69, 9.17) is 5.73 Å². The molecule has 0 amide bonds. The lowest BCUT2D eigenvalue weighted by molar-refractivity contribution is 0.475. The lowest BCUT2D eigenvalue weighted by atomic mass is 10.2. The molecule has 2 aromatic rings. The van der Waals surface area contributed by atoms with Crippen molar-refractivity contribution in [1.82, 2.24) is 9.97 Å². The summed E-state index contributed by atoms with van der Waals surface area (Å²) in [4.78, 5) is 8.27. The molecule has 1 aromatic heterocycles. The third-order valence-electron chi connectivity index (χ3n) is 1.88. The second-order valence-electron chi connectivity index (χ2n) is 2.98. The molecule has 2 rings (SSSR count). The van der Waals surface area contributed by atoms with Crippen molar-refractivity contribution in [2.75, 3.05) is 5.73 Å². The summed E-state index contributed by atoms with van der Waals surface area (Å²) in [5, 5.41) is 9.31. The van der Waals surface area contributed by atoms with Gasteiger partial charge in [-0.05, 0) is 34.7 Å². The van der Waals surface area contributed by atoms with Crippen molar-refractivity contribution in [3.8, 4) is 17.1 Å². The highest BCUT2D eigenvalue weighted by Gasteiger charge is 2.04. The summed E-state index contributed by atoms with van der Waals surface area (Å²) in [6.45, 7) is 0. The predicted octanol–water partition coefficient (Wildman–Crippen LogP) is 2.04. The van der Waals surface area contributed by atoms with E-state index in [1.165, 1.54) is 0 Å². The minimum atomic E-state index is 0.188. The largest absolute Gasteiger partial charge is 0.508 e. The fourth-order valence-corrected chi connectivity index (χ4v) is 1.42. The first-order chi connectivity index (χ1) is 7.16. The van der Waals surface area contributed by atoms with Gasteiger partial charge in [0.25, 0.3) is 0 Å². The Hall–Kier alpha value is -1.37. The van der Waals surface area contributed by atoms with Gasteiger partial charge in [-0.3, -0.25) is 0 Å². The normalized spacial score (nSPS) is 10.2. The first-order valence-corrected chi connectivity index (χ1v) is 5.32. The molecular formula is C10H8IN3O. The van der Waals surface area contributed by atoms with Crippen LogP contribution in [-0.4, -0.2) is 15.1 Å². The van der Waals surface area contributed by atoms with Gasteiger partial charge in [-0.25, -0.2) is 9.97 Å². The highest BCUT2D eigenvalue weighted by molar-refractivity contribution is 14.1. The summed E-state index contributed by atoms with van der Waals surface area (Å²) < 4.78 is 0.816. The SMILES string of the molecule is Nc1nc(-c2cccc(O)c2)ncc1I. The molecule has 4 nitrogen and oxygen atoms in total. The Balaban J connectivity index is 2.50. The lowest BCUT2D eigenvalue weighted by Crippen LogP contribution is -1.98. The number of hydrogen-bond acceptors (Lipinski definition) is 4. The average Bonchev–Trinajstić information content (AvgIpc) is 2.22. The number of benzene rings is 1. The Bertz CT molecular complexity index is 502. The van der Waals surface area contributed by atoms with Gasteiger partial charge in [-0.2, -0.15) is 0 Å². The molecule has 1 heterocycles. The number of nitrogens with zero attached hydrogens (tertiary/aromatic N) is 2. The van der Waals surface area contributed by atoms with Crippen LogP contribution in [0.15, 0.2) is 30.5 Å². The fourth-order valence-electron chi connectivity index (χ4n) is 1.16. The van der Waals surface area contributed by atoms with Crippen molar-refractivity contribution in [1.29, 1.82) is 0 Å². The quantitative estimate of drug-likeness (QED) is 0.790. The highest BCUT2D eigenvalue weighted by atomic mass is 127. The zero-order valence-electron chi connectivity index (χ0n) is 7.68. The molecule has 5 heteroatoms. The highest BCUT2D eigenvalue weighted by Crippen LogP contribution is 2.21.